The van der Waals surface area contributed by atoms with Gasteiger partial charge in [0, 0.05) is 39.3 Å². The van der Waals surface area contributed by atoms with Crippen LogP contribution in [0.3, 0.4) is 0 Å². The molecule has 1 aromatic rings. The highest BCUT2D eigenvalue weighted by atomic mass is 16.3. The van der Waals surface area contributed by atoms with E-state index in [0.29, 0.717) is 6.54 Å². The van der Waals surface area contributed by atoms with Crippen LogP contribution in [0, 0.1) is 5.41 Å². The fraction of sp³-hybridized carbons (Fsp3) is 0.720. The molecule has 1 aliphatic heterocycles. The number of hydrogen-bond acceptors (Lipinski definition) is 4. The molecular formula is C25H45N5O. The molecule has 1 aromatic carbocycles. The Bertz CT molecular complexity index is 642. The number of aliphatic hydroxyl groups is 1. The SMILES string of the molecule is CCNC(=NCc1ccc(CN2CCCN(C)CC2)cc1)NCC(CC)(CC)CCO. The third kappa shape index (κ3) is 8.79. The summed E-state index contributed by atoms with van der Waals surface area (Å²) in [5.74, 6) is 0.851. The van der Waals surface area contributed by atoms with Crippen LogP contribution in [0.5, 0.6) is 0 Å². The summed E-state index contributed by atoms with van der Waals surface area (Å²) < 4.78 is 0. The fourth-order valence-corrected chi connectivity index (χ4v) is 4.23. The Morgan fingerprint density at radius 3 is 2.35 bits per heavy atom. The van der Waals surface area contributed by atoms with E-state index >= 15 is 0 Å². The lowest BCUT2D eigenvalue weighted by Crippen LogP contribution is -2.43. The van der Waals surface area contributed by atoms with E-state index in [0.717, 1.165) is 57.9 Å². The molecule has 0 unspecified atom stereocenters. The van der Waals surface area contributed by atoms with Gasteiger partial charge in [-0.25, -0.2) is 4.99 Å². The Labute approximate surface area is 190 Å². The molecule has 1 heterocycles. The normalized spacial score (nSPS) is 16.9. The fourth-order valence-electron chi connectivity index (χ4n) is 4.23. The van der Waals surface area contributed by atoms with Gasteiger partial charge in [-0.15, -0.1) is 0 Å². The van der Waals surface area contributed by atoms with E-state index in [-0.39, 0.29) is 12.0 Å². The summed E-state index contributed by atoms with van der Waals surface area (Å²) >= 11 is 0. The molecular weight excluding hydrogens is 386 g/mol. The first-order valence-electron chi connectivity index (χ1n) is 12.2. The Morgan fingerprint density at radius 1 is 1.00 bits per heavy atom. The lowest BCUT2D eigenvalue weighted by atomic mass is 9.79. The quantitative estimate of drug-likeness (QED) is 0.371. The number of hydrogen-bond donors (Lipinski definition) is 3. The van der Waals surface area contributed by atoms with Crippen LogP contribution in [-0.4, -0.2) is 73.8 Å². The summed E-state index contributed by atoms with van der Waals surface area (Å²) in [6, 6.07) is 8.92. The predicted molar refractivity (Wildman–Crippen MR) is 131 cm³/mol. The summed E-state index contributed by atoms with van der Waals surface area (Å²) in [5, 5.41) is 16.3. The van der Waals surface area contributed by atoms with Crippen molar-refractivity contribution in [3.63, 3.8) is 0 Å². The molecule has 0 aromatic heterocycles. The lowest BCUT2D eigenvalue weighted by Gasteiger charge is -2.32. The summed E-state index contributed by atoms with van der Waals surface area (Å²) in [7, 11) is 2.21. The van der Waals surface area contributed by atoms with Crippen molar-refractivity contribution in [1.82, 2.24) is 20.4 Å². The molecule has 6 heteroatoms. The molecule has 0 spiro atoms. The van der Waals surface area contributed by atoms with Gasteiger partial charge in [0.25, 0.3) is 0 Å². The molecule has 1 aliphatic rings. The largest absolute Gasteiger partial charge is 0.396 e. The standard InChI is InChI=1S/C25H45N5O/c1-5-25(6-2,13-18-31)21-28-24(26-7-3)27-19-22-9-11-23(12-10-22)20-30-15-8-14-29(4)16-17-30/h9-12,31H,5-8,13-21H2,1-4H3,(H2,26,27,28). The van der Waals surface area contributed by atoms with Gasteiger partial charge in [0.15, 0.2) is 5.96 Å². The van der Waals surface area contributed by atoms with E-state index in [1.807, 2.05) is 0 Å². The zero-order valence-electron chi connectivity index (χ0n) is 20.3. The predicted octanol–water partition coefficient (Wildman–Crippen LogP) is 3.07. The Kier molecular flexibility index (Phi) is 11.3. The van der Waals surface area contributed by atoms with Crippen molar-refractivity contribution < 1.29 is 5.11 Å². The number of benzene rings is 1. The van der Waals surface area contributed by atoms with Crippen LogP contribution < -0.4 is 10.6 Å². The Hall–Kier alpha value is -1.63. The van der Waals surface area contributed by atoms with Crippen LogP contribution in [0.4, 0.5) is 0 Å². The summed E-state index contributed by atoms with van der Waals surface area (Å²) in [5.41, 5.74) is 2.72. The lowest BCUT2D eigenvalue weighted by molar-refractivity contribution is 0.169. The second-order valence-corrected chi connectivity index (χ2v) is 8.98. The van der Waals surface area contributed by atoms with E-state index in [9.17, 15) is 5.11 Å². The van der Waals surface area contributed by atoms with Gasteiger partial charge in [-0.2, -0.15) is 0 Å². The van der Waals surface area contributed by atoms with Crippen molar-refractivity contribution in [1.29, 1.82) is 0 Å². The topological polar surface area (TPSA) is 63.1 Å². The van der Waals surface area contributed by atoms with Gasteiger partial charge < -0.3 is 20.6 Å². The van der Waals surface area contributed by atoms with E-state index in [1.54, 1.807) is 0 Å². The maximum Gasteiger partial charge on any atom is 0.191 e. The van der Waals surface area contributed by atoms with Crippen molar-refractivity contribution in [2.45, 2.75) is 59.5 Å². The minimum absolute atomic E-state index is 0.120. The monoisotopic (exact) mass is 431 g/mol. The maximum absolute atomic E-state index is 9.46. The molecule has 0 radical (unpaired) electrons. The van der Waals surface area contributed by atoms with Gasteiger partial charge in [0.2, 0.25) is 0 Å². The zero-order chi connectivity index (χ0) is 22.5. The highest BCUT2D eigenvalue weighted by Gasteiger charge is 2.25. The van der Waals surface area contributed by atoms with E-state index in [2.05, 4.69) is 72.5 Å². The molecule has 0 aliphatic carbocycles. The van der Waals surface area contributed by atoms with Crippen LogP contribution in [0.1, 0.15) is 57.6 Å². The van der Waals surface area contributed by atoms with E-state index in [1.165, 1.54) is 30.6 Å². The number of aliphatic imine (C=N–C) groups is 1. The second-order valence-electron chi connectivity index (χ2n) is 8.98. The summed E-state index contributed by atoms with van der Waals surface area (Å²) in [6.07, 6.45) is 4.16. The molecule has 1 saturated heterocycles. The number of aliphatic hydroxyl groups excluding tert-OH is 1. The highest BCUT2D eigenvalue weighted by molar-refractivity contribution is 5.79. The molecule has 0 bridgehead atoms. The Morgan fingerprint density at radius 2 is 1.71 bits per heavy atom. The van der Waals surface area contributed by atoms with Crippen molar-refractivity contribution in [3.05, 3.63) is 35.4 Å². The average Bonchev–Trinajstić information content (AvgIpc) is 2.99. The van der Waals surface area contributed by atoms with Gasteiger partial charge in [-0.3, -0.25) is 4.90 Å². The van der Waals surface area contributed by atoms with E-state index in [4.69, 9.17) is 4.99 Å². The third-order valence-corrected chi connectivity index (χ3v) is 6.78. The van der Waals surface area contributed by atoms with Gasteiger partial charge in [-0.1, -0.05) is 38.1 Å². The first-order chi connectivity index (χ1) is 15.0. The van der Waals surface area contributed by atoms with Crippen LogP contribution in [0.15, 0.2) is 29.3 Å². The number of guanidine groups is 1. The second kappa shape index (κ2) is 13.7. The molecule has 2 rings (SSSR count). The van der Waals surface area contributed by atoms with Crippen LogP contribution in [0.25, 0.3) is 0 Å². The minimum Gasteiger partial charge on any atom is -0.396 e. The molecule has 0 atom stereocenters. The van der Waals surface area contributed by atoms with Gasteiger partial charge in [0.1, 0.15) is 0 Å². The number of rotatable bonds is 11. The molecule has 6 nitrogen and oxygen atoms in total. The molecule has 0 amide bonds. The van der Waals surface area contributed by atoms with E-state index < -0.39 is 0 Å². The van der Waals surface area contributed by atoms with Gasteiger partial charge >= 0.3 is 0 Å². The molecule has 3 N–H and O–H groups in total. The Balaban J connectivity index is 1.91. The van der Waals surface area contributed by atoms with Crippen molar-refractivity contribution in [3.8, 4) is 0 Å². The highest BCUT2D eigenvalue weighted by Crippen LogP contribution is 2.29. The van der Waals surface area contributed by atoms with Crippen LogP contribution in [-0.2, 0) is 13.1 Å². The molecule has 176 valence electrons. The van der Waals surface area contributed by atoms with Crippen LogP contribution in [0.2, 0.25) is 0 Å². The van der Waals surface area contributed by atoms with Crippen molar-refractivity contribution >= 4 is 5.96 Å². The van der Waals surface area contributed by atoms with Crippen LogP contribution >= 0.6 is 0 Å². The smallest absolute Gasteiger partial charge is 0.191 e. The molecule has 31 heavy (non-hydrogen) atoms. The first-order valence-corrected chi connectivity index (χ1v) is 12.2. The minimum atomic E-state index is 0.120. The van der Waals surface area contributed by atoms with Gasteiger partial charge in [-0.05, 0) is 69.3 Å². The molecule has 1 fully saturated rings. The summed E-state index contributed by atoms with van der Waals surface area (Å²) in [4.78, 5) is 9.78. The number of nitrogens with zero attached hydrogens (tertiary/aromatic N) is 3. The number of nitrogens with one attached hydrogen (secondary N) is 2. The average molecular weight is 432 g/mol. The maximum atomic E-state index is 9.46. The number of likely N-dealkylation sites (N-methyl/N-ethyl adjacent to an activating group) is 1. The zero-order valence-corrected chi connectivity index (χ0v) is 20.3. The summed E-state index contributed by atoms with van der Waals surface area (Å²) in [6.45, 7) is 14.8. The van der Waals surface area contributed by atoms with Gasteiger partial charge in [0.05, 0.1) is 6.54 Å². The van der Waals surface area contributed by atoms with Crippen molar-refractivity contribution in [2.24, 2.45) is 10.4 Å². The van der Waals surface area contributed by atoms with Crippen molar-refractivity contribution in [2.75, 3.05) is 52.9 Å². The molecule has 0 saturated carbocycles. The first kappa shape index (κ1) is 25.6. The third-order valence-electron chi connectivity index (χ3n) is 6.78.